The zero-order chi connectivity index (χ0) is 15.1. The highest BCUT2D eigenvalue weighted by Crippen LogP contribution is 2.12. The molecule has 5 nitrogen and oxygen atoms in total. The monoisotopic (exact) mass is 285 g/mol. The Morgan fingerprint density at radius 1 is 1.05 bits per heavy atom. The Bertz CT molecular complexity index is 611. The van der Waals surface area contributed by atoms with Crippen molar-refractivity contribution in [3.63, 3.8) is 0 Å². The summed E-state index contributed by atoms with van der Waals surface area (Å²) >= 11 is 0. The number of aliphatic hydroxyl groups excluding tert-OH is 1. The molecule has 0 aliphatic heterocycles. The third-order valence-corrected chi connectivity index (χ3v) is 2.70. The smallest absolute Gasteiger partial charge is 0.346 e. The minimum Gasteiger partial charge on any atom is -0.424 e. The summed E-state index contributed by atoms with van der Waals surface area (Å²) in [5.74, 6) is -0.466. The summed E-state index contributed by atoms with van der Waals surface area (Å²) in [7, 11) is 1.35. The largest absolute Gasteiger partial charge is 0.424 e. The molecule has 2 aromatic rings. The Hall–Kier alpha value is -2.66. The summed E-state index contributed by atoms with van der Waals surface area (Å²) < 4.78 is 5.10. The first-order valence-corrected chi connectivity index (χ1v) is 6.33. The van der Waals surface area contributed by atoms with Gasteiger partial charge in [-0.1, -0.05) is 53.7 Å². The Labute approximate surface area is 122 Å². The van der Waals surface area contributed by atoms with Crippen LogP contribution in [0.5, 0.6) is 5.75 Å². The number of nitrogens with zero attached hydrogens (tertiary/aromatic N) is 1. The Morgan fingerprint density at radius 3 is 2.19 bits per heavy atom. The van der Waals surface area contributed by atoms with Gasteiger partial charge in [0.2, 0.25) is 0 Å². The molecule has 0 aliphatic rings. The number of carbonyl (C=O) groups is 1. The van der Waals surface area contributed by atoms with Crippen LogP contribution in [-0.2, 0) is 9.63 Å². The number of hydrogen-bond acceptors (Lipinski definition) is 5. The molecule has 21 heavy (non-hydrogen) atoms. The third-order valence-electron chi connectivity index (χ3n) is 2.70. The van der Waals surface area contributed by atoms with E-state index < -0.39 is 12.1 Å². The average molecular weight is 285 g/mol. The second-order valence-electron chi connectivity index (χ2n) is 4.16. The van der Waals surface area contributed by atoms with Crippen molar-refractivity contribution in [3.8, 4) is 5.75 Å². The summed E-state index contributed by atoms with van der Waals surface area (Å²) in [6.45, 7) is 0. The Morgan fingerprint density at radius 2 is 1.62 bits per heavy atom. The summed E-state index contributed by atoms with van der Waals surface area (Å²) in [4.78, 5) is 16.7. The standard InChI is InChI=1S/C16H15NO4/c1-20-17-14(12-8-4-2-5-9-12)15(18)16(19)21-13-10-6-3-7-11-13/h2-11,15,18H,1H3. The molecule has 0 aromatic heterocycles. The molecule has 0 saturated heterocycles. The van der Waals surface area contributed by atoms with Crippen molar-refractivity contribution >= 4 is 11.7 Å². The highest BCUT2D eigenvalue weighted by Gasteiger charge is 2.26. The molecule has 0 heterocycles. The van der Waals surface area contributed by atoms with Gasteiger partial charge in [0.15, 0.2) is 6.10 Å². The molecule has 0 radical (unpaired) electrons. The molecule has 0 saturated carbocycles. The van der Waals surface area contributed by atoms with Crippen molar-refractivity contribution in [2.45, 2.75) is 6.10 Å². The Kier molecular flexibility index (Phi) is 5.06. The van der Waals surface area contributed by atoms with E-state index in [9.17, 15) is 9.90 Å². The van der Waals surface area contributed by atoms with Crippen molar-refractivity contribution in [2.24, 2.45) is 5.16 Å². The van der Waals surface area contributed by atoms with Gasteiger partial charge in [-0.25, -0.2) is 4.79 Å². The number of para-hydroxylation sites is 1. The number of carbonyl (C=O) groups excluding carboxylic acids is 1. The van der Waals surface area contributed by atoms with Crippen LogP contribution in [-0.4, -0.2) is 30.0 Å². The van der Waals surface area contributed by atoms with Crippen LogP contribution in [0.2, 0.25) is 0 Å². The van der Waals surface area contributed by atoms with E-state index in [4.69, 9.17) is 9.57 Å². The van der Waals surface area contributed by atoms with Gasteiger partial charge in [-0.05, 0) is 12.1 Å². The normalized spacial score (nSPS) is 12.6. The van der Waals surface area contributed by atoms with E-state index in [0.717, 1.165) is 0 Å². The molecule has 0 fully saturated rings. The lowest BCUT2D eigenvalue weighted by atomic mass is 10.1. The molecule has 5 heteroatoms. The zero-order valence-corrected chi connectivity index (χ0v) is 11.5. The van der Waals surface area contributed by atoms with Gasteiger partial charge < -0.3 is 14.7 Å². The van der Waals surface area contributed by atoms with Gasteiger partial charge in [0.05, 0.1) is 0 Å². The van der Waals surface area contributed by atoms with Gasteiger partial charge in [0.25, 0.3) is 0 Å². The lowest BCUT2D eigenvalue weighted by Crippen LogP contribution is -2.34. The fourth-order valence-corrected chi connectivity index (χ4v) is 1.74. The predicted molar refractivity (Wildman–Crippen MR) is 78.1 cm³/mol. The topological polar surface area (TPSA) is 68.1 Å². The van der Waals surface area contributed by atoms with Crippen LogP contribution in [0, 0.1) is 0 Å². The van der Waals surface area contributed by atoms with Crippen LogP contribution in [0.4, 0.5) is 0 Å². The third kappa shape index (κ3) is 3.90. The van der Waals surface area contributed by atoms with Crippen LogP contribution in [0.15, 0.2) is 65.8 Å². The van der Waals surface area contributed by atoms with Crippen molar-refractivity contribution in [1.82, 2.24) is 0 Å². The first-order valence-electron chi connectivity index (χ1n) is 6.33. The minimum atomic E-state index is -1.53. The number of hydrogen-bond donors (Lipinski definition) is 1. The highest BCUT2D eigenvalue weighted by molar-refractivity contribution is 6.14. The molecule has 0 bridgehead atoms. The lowest BCUT2D eigenvalue weighted by molar-refractivity contribution is -0.140. The minimum absolute atomic E-state index is 0.0963. The predicted octanol–water partition coefficient (Wildman–Crippen LogP) is 2.00. The van der Waals surface area contributed by atoms with Crippen LogP contribution in [0.1, 0.15) is 5.56 Å². The van der Waals surface area contributed by atoms with Gasteiger partial charge in [-0.3, -0.25) is 0 Å². The van der Waals surface area contributed by atoms with Crippen LogP contribution in [0.25, 0.3) is 0 Å². The number of aliphatic hydroxyl groups is 1. The average Bonchev–Trinajstić information content (AvgIpc) is 2.53. The molecule has 1 unspecified atom stereocenters. The van der Waals surface area contributed by atoms with Crippen molar-refractivity contribution in [1.29, 1.82) is 0 Å². The molecule has 2 aromatic carbocycles. The second-order valence-corrected chi connectivity index (χ2v) is 4.16. The van der Waals surface area contributed by atoms with Gasteiger partial charge in [-0.15, -0.1) is 0 Å². The molecule has 2 rings (SSSR count). The van der Waals surface area contributed by atoms with E-state index in [1.807, 2.05) is 6.07 Å². The zero-order valence-electron chi connectivity index (χ0n) is 11.5. The second kappa shape index (κ2) is 7.21. The van der Waals surface area contributed by atoms with Gasteiger partial charge in [0.1, 0.15) is 18.6 Å². The molecule has 1 N–H and O–H groups in total. The van der Waals surface area contributed by atoms with Gasteiger partial charge >= 0.3 is 5.97 Å². The number of esters is 1. The summed E-state index contributed by atoms with van der Waals surface area (Å²) in [6, 6.07) is 17.3. The lowest BCUT2D eigenvalue weighted by Gasteiger charge is -2.12. The van der Waals surface area contributed by atoms with E-state index in [1.54, 1.807) is 54.6 Å². The molecular formula is C16H15NO4. The van der Waals surface area contributed by atoms with Gasteiger partial charge in [0, 0.05) is 5.56 Å². The molecule has 0 aliphatic carbocycles. The summed E-state index contributed by atoms with van der Waals surface area (Å²) in [6.07, 6.45) is -1.53. The summed E-state index contributed by atoms with van der Waals surface area (Å²) in [5, 5.41) is 13.9. The SMILES string of the molecule is CON=C(c1ccccc1)C(O)C(=O)Oc1ccccc1. The van der Waals surface area contributed by atoms with E-state index in [0.29, 0.717) is 11.3 Å². The fraction of sp³-hybridized carbons (Fsp3) is 0.125. The maximum atomic E-state index is 12.0. The van der Waals surface area contributed by atoms with Crippen LogP contribution in [0.3, 0.4) is 0 Å². The van der Waals surface area contributed by atoms with E-state index >= 15 is 0 Å². The van der Waals surface area contributed by atoms with E-state index in [1.165, 1.54) is 7.11 Å². The van der Waals surface area contributed by atoms with E-state index in [-0.39, 0.29) is 5.71 Å². The molecular weight excluding hydrogens is 270 g/mol. The maximum Gasteiger partial charge on any atom is 0.346 e. The Balaban J connectivity index is 2.17. The number of oxime groups is 1. The molecule has 1 atom stereocenters. The highest BCUT2D eigenvalue weighted by atomic mass is 16.6. The number of ether oxygens (including phenoxy) is 1. The molecule has 0 spiro atoms. The van der Waals surface area contributed by atoms with Crippen molar-refractivity contribution in [2.75, 3.05) is 7.11 Å². The number of benzene rings is 2. The van der Waals surface area contributed by atoms with Gasteiger partial charge in [-0.2, -0.15) is 0 Å². The quantitative estimate of drug-likeness (QED) is 0.395. The van der Waals surface area contributed by atoms with E-state index in [2.05, 4.69) is 5.16 Å². The van der Waals surface area contributed by atoms with Crippen LogP contribution < -0.4 is 4.74 Å². The first-order chi connectivity index (χ1) is 10.2. The molecule has 0 amide bonds. The number of rotatable bonds is 5. The first kappa shape index (κ1) is 14.7. The maximum absolute atomic E-state index is 12.0. The van der Waals surface area contributed by atoms with Crippen LogP contribution >= 0.6 is 0 Å². The fourth-order valence-electron chi connectivity index (χ4n) is 1.74. The summed E-state index contributed by atoms with van der Waals surface area (Å²) in [5.41, 5.74) is 0.677. The molecule has 108 valence electrons. The van der Waals surface area contributed by atoms with Crippen molar-refractivity contribution < 1.29 is 19.5 Å². The van der Waals surface area contributed by atoms with Crippen molar-refractivity contribution in [3.05, 3.63) is 66.2 Å².